The number of hydrogen-bond donors (Lipinski definition) is 1. The van der Waals surface area contributed by atoms with Gasteiger partial charge in [-0.3, -0.25) is 10.1 Å². The van der Waals surface area contributed by atoms with Gasteiger partial charge in [-0.25, -0.2) is 9.78 Å². The molecule has 1 amide bonds. The molecule has 9 heteroatoms. The number of hydrogen-bond acceptors (Lipinski definition) is 6. The van der Waals surface area contributed by atoms with E-state index in [4.69, 9.17) is 21.1 Å². The molecule has 0 aliphatic carbocycles. The minimum atomic E-state index is -0.463. The van der Waals surface area contributed by atoms with Crippen LogP contribution >= 0.6 is 22.9 Å². The fourth-order valence-electron chi connectivity index (χ4n) is 2.58. The normalized spacial score (nSPS) is 10.6. The number of methoxy groups -OCH3 is 1. The van der Waals surface area contributed by atoms with Crippen molar-refractivity contribution in [1.82, 2.24) is 9.55 Å². The van der Waals surface area contributed by atoms with Gasteiger partial charge in [-0.2, -0.15) is 0 Å². The van der Waals surface area contributed by atoms with Gasteiger partial charge in [0.25, 0.3) is 5.91 Å². The number of aryl methyl sites for hydroxylation is 1. The van der Waals surface area contributed by atoms with E-state index in [1.54, 1.807) is 19.9 Å². The van der Waals surface area contributed by atoms with Crippen molar-refractivity contribution in [2.45, 2.75) is 13.8 Å². The van der Waals surface area contributed by atoms with Gasteiger partial charge in [0.2, 0.25) is 0 Å². The Bertz CT molecular complexity index is 1010. The van der Waals surface area contributed by atoms with Gasteiger partial charge < -0.3 is 14.0 Å². The third kappa shape index (κ3) is 4.02. The number of carbonyl (C=O) groups is 2. The number of nitrogens with one attached hydrogen (secondary N) is 1. The van der Waals surface area contributed by atoms with Crippen LogP contribution in [0.15, 0.2) is 36.7 Å². The molecule has 28 heavy (non-hydrogen) atoms. The lowest BCUT2D eigenvalue weighted by molar-refractivity contribution is 0.0531. The summed E-state index contributed by atoms with van der Waals surface area (Å²) >= 11 is 7.43. The number of ether oxygens (including phenoxy) is 2. The summed E-state index contributed by atoms with van der Waals surface area (Å²) in [5.74, 6) is -0.541. The maximum absolute atomic E-state index is 12.8. The number of nitrogens with zero attached hydrogens (tertiary/aromatic N) is 2. The van der Waals surface area contributed by atoms with Gasteiger partial charge in [0.05, 0.1) is 35.7 Å². The summed E-state index contributed by atoms with van der Waals surface area (Å²) < 4.78 is 12.2. The molecule has 0 radical (unpaired) electrons. The fraction of sp³-hybridized carbons (Fsp3) is 0.211. The summed E-state index contributed by atoms with van der Waals surface area (Å²) in [4.78, 5) is 29.3. The quantitative estimate of drug-likeness (QED) is 0.601. The Hall–Kier alpha value is -2.84. The number of rotatable bonds is 6. The number of amides is 1. The van der Waals surface area contributed by atoms with Crippen LogP contribution in [0.2, 0.25) is 5.02 Å². The Morgan fingerprint density at radius 3 is 2.64 bits per heavy atom. The van der Waals surface area contributed by atoms with Crippen LogP contribution in [0.5, 0.6) is 5.75 Å². The molecule has 0 saturated heterocycles. The molecule has 0 atom stereocenters. The first kappa shape index (κ1) is 19.9. The highest BCUT2D eigenvalue weighted by molar-refractivity contribution is 7.17. The first-order valence-electron chi connectivity index (χ1n) is 8.41. The SMILES string of the molecule is CCOC(=O)c1sc(NC(=O)c2cc(Cl)c(-n3cccc3)cc2OC)nc1C. The molecular formula is C19H18ClN3O4S. The minimum absolute atomic E-state index is 0.258. The number of thiazole rings is 1. The average Bonchev–Trinajstić information content (AvgIpc) is 3.31. The van der Waals surface area contributed by atoms with Gasteiger partial charge in [-0.1, -0.05) is 22.9 Å². The Morgan fingerprint density at radius 1 is 1.29 bits per heavy atom. The van der Waals surface area contributed by atoms with E-state index in [0.717, 1.165) is 11.3 Å². The molecule has 1 aromatic carbocycles. The summed E-state index contributed by atoms with van der Waals surface area (Å²) in [7, 11) is 1.48. The number of esters is 1. The molecule has 1 N–H and O–H groups in total. The summed E-state index contributed by atoms with van der Waals surface area (Å²) in [6, 6.07) is 6.97. The summed E-state index contributed by atoms with van der Waals surface area (Å²) in [6.45, 7) is 3.67. The topological polar surface area (TPSA) is 82.5 Å². The Morgan fingerprint density at radius 2 is 2.00 bits per heavy atom. The molecule has 3 aromatic rings. The maximum Gasteiger partial charge on any atom is 0.350 e. The molecule has 0 saturated carbocycles. The summed E-state index contributed by atoms with van der Waals surface area (Å²) in [5.41, 5.74) is 1.44. The molecule has 0 spiro atoms. The van der Waals surface area contributed by atoms with E-state index in [1.807, 2.05) is 29.1 Å². The van der Waals surface area contributed by atoms with Crippen molar-refractivity contribution in [3.05, 3.63) is 57.8 Å². The van der Waals surface area contributed by atoms with E-state index in [2.05, 4.69) is 10.3 Å². The minimum Gasteiger partial charge on any atom is -0.496 e. The van der Waals surface area contributed by atoms with Gasteiger partial charge in [0.15, 0.2) is 5.13 Å². The van der Waals surface area contributed by atoms with Crippen molar-refractivity contribution >= 4 is 39.9 Å². The van der Waals surface area contributed by atoms with E-state index >= 15 is 0 Å². The van der Waals surface area contributed by atoms with Crippen molar-refractivity contribution in [2.24, 2.45) is 0 Å². The van der Waals surface area contributed by atoms with Gasteiger partial charge >= 0.3 is 5.97 Å². The molecular weight excluding hydrogens is 402 g/mol. The number of carbonyl (C=O) groups excluding carboxylic acids is 2. The fourth-order valence-corrected chi connectivity index (χ4v) is 3.70. The van der Waals surface area contributed by atoms with Crippen molar-refractivity contribution < 1.29 is 19.1 Å². The summed E-state index contributed by atoms with van der Waals surface area (Å²) in [5, 5.41) is 3.37. The molecule has 0 bridgehead atoms. The lowest BCUT2D eigenvalue weighted by atomic mass is 10.1. The predicted molar refractivity (Wildman–Crippen MR) is 108 cm³/mol. The second kappa shape index (κ2) is 8.45. The highest BCUT2D eigenvalue weighted by atomic mass is 35.5. The van der Waals surface area contributed by atoms with E-state index in [1.165, 1.54) is 13.2 Å². The van der Waals surface area contributed by atoms with Crippen LogP contribution in [0.1, 0.15) is 32.6 Å². The van der Waals surface area contributed by atoms with Crippen LogP contribution in [-0.2, 0) is 4.74 Å². The smallest absolute Gasteiger partial charge is 0.350 e. The third-order valence-electron chi connectivity index (χ3n) is 3.87. The molecule has 2 heterocycles. The van der Waals surface area contributed by atoms with E-state index < -0.39 is 11.9 Å². The van der Waals surface area contributed by atoms with Crippen molar-refractivity contribution in [1.29, 1.82) is 0 Å². The zero-order chi connectivity index (χ0) is 20.3. The van der Waals surface area contributed by atoms with Crippen LogP contribution in [0.4, 0.5) is 5.13 Å². The molecule has 0 aliphatic heterocycles. The van der Waals surface area contributed by atoms with Crippen LogP contribution in [0.25, 0.3) is 5.69 Å². The highest BCUT2D eigenvalue weighted by Gasteiger charge is 2.21. The van der Waals surface area contributed by atoms with Gasteiger partial charge in [-0.15, -0.1) is 0 Å². The van der Waals surface area contributed by atoms with Crippen LogP contribution in [0.3, 0.4) is 0 Å². The molecule has 3 rings (SSSR count). The molecule has 146 valence electrons. The number of anilines is 1. The number of benzene rings is 1. The molecule has 0 unspecified atom stereocenters. The highest BCUT2D eigenvalue weighted by Crippen LogP contribution is 2.31. The predicted octanol–water partition coefficient (Wildman–Crippen LogP) is 4.33. The molecule has 7 nitrogen and oxygen atoms in total. The number of aromatic nitrogens is 2. The van der Waals surface area contributed by atoms with E-state index in [9.17, 15) is 9.59 Å². The average molecular weight is 420 g/mol. The standard InChI is InChI=1S/C19H18ClN3O4S/c1-4-27-18(25)16-11(2)21-19(28-16)22-17(24)12-9-13(20)14(10-15(12)26-3)23-7-5-6-8-23/h5-10H,4H2,1-3H3,(H,21,22,24). The Labute approximate surface area is 170 Å². The molecule has 0 aliphatic rings. The lowest BCUT2D eigenvalue weighted by Crippen LogP contribution is -2.13. The summed E-state index contributed by atoms with van der Waals surface area (Å²) in [6.07, 6.45) is 3.69. The first-order chi connectivity index (χ1) is 13.4. The molecule has 0 fully saturated rings. The van der Waals surface area contributed by atoms with E-state index in [-0.39, 0.29) is 12.2 Å². The van der Waals surface area contributed by atoms with Crippen molar-refractivity contribution in [3.8, 4) is 11.4 Å². The van der Waals surface area contributed by atoms with Crippen molar-refractivity contribution in [3.63, 3.8) is 0 Å². The van der Waals surface area contributed by atoms with Gasteiger partial charge in [0.1, 0.15) is 10.6 Å². The Balaban J connectivity index is 1.88. The zero-order valence-corrected chi connectivity index (χ0v) is 17.1. The molecule has 2 aromatic heterocycles. The van der Waals surface area contributed by atoms with Gasteiger partial charge in [0, 0.05) is 18.5 Å². The van der Waals surface area contributed by atoms with Gasteiger partial charge in [-0.05, 0) is 32.0 Å². The third-order valence-corrected chi connectivity index (χ3v) is 5.23. The zero-order valence-electron chi connectivity index (χ0n) is 15.5. The number of halogens is 1. The van der Waals surface area contributed by atoms with Crippen LogP contribution < -0.4 is 10.1 Å². The second-order valence-electron chi connectivity index (χ2n) is 5.70. The largest absolute Gasteiger partial charge is 0.496 e. The van der Waals surface area contributed by atoms with Crippen LogP contribution in [0, 0.1) is 6.92 Å². The maximum atomic E-state index is 12.8. The lowest BCUT2D eigenvalue weighted by Gasteiger charge is -2.13. The van der Waals surface area contributed by atoms with Crippen molar-refractivity contribution in [2.75, 3.05) is 19.0 Å². The second-order valence-corrected chi connectivity index (χ2v) is 7.11. The first-order valence-corrected chi connectivity index (χ1v) is 9.60. The van der Waals surface area contributed by atoms with Crippen LogP contribution in [-0.4, -0.2) is 35.1 Å². The monoisotopic (exact) mass is 419 g/mol. The van der Waals surface area contributed by atoms with E-state index in [0.29, 0.717) is 32.2 Å². The Kier molecular flexibility index (Phi) is 6.01.